The first kappa shape index (κ1) is 25.3. The first-order valence-corrected chi connectivity index (χ1v) is 14.4. The third-order valence-corrected chi connectivity index (χ3v) is 9.27. The van der Waals surface area contributed by atoms with Crippen molar-refractivity contribution in [2.75, 3.05) is 26.7 Å². The zero-order valence-electron chi connectivity index (χ0n) is 21.3. The Hall–Kier alpha value is -2.95. The molecule has 1 aliphatic carbocycles. The molecule has 4 heterocycles. The number of hydrogen-bond acceptors (Lipinski definition) is 6. The molecule has 3 N–H and O–H groups in total. The second-order valence-corrected chi connectivity index (χ2v) is 12.2. The van der Waals surface area contributed by atoms with Crippen molar-refractivity contribution in [3.63, 3.8) is 0 Å². The van der Waals surface area contributed by atoms with Crippen molar-refractivity contribution in [2.45, 2.75) is 50.7 Å². The van der Waals surface area contributed by atoms with Gasteiger partial charge in [-0.3, -0.25) is 14.4 Å². The largest absolute Gasteiger partial charge is 0.351 e. The Morgan fingerprint density at radius 2 is 1.89 bits per heavy atom. The predicted octanol–water partition coefficient (Wildman–Crippen LogP) is 3.20. The fourth-order valence-electron chi connectivity index (χ4n) is 5.51. The molecule has 11 heteroatoms. The monoisotopic (exact) mass is 554 g/mol. The highest BCUT2D eigenvalue weighted by Crippen LogP contribution is 2.30. The minimum Gasteiger partial charge on any atom is -0.351 e. The second kappa shape index (κ2) is 10.3. The van der Waals surface area contributed by atoms with Gasteiger partial charge in [0.05, 0.1) is 17.8 Å². The van der Waals surface area contributed by atoms with E-state index >= 15 is 0 Å². The molecule has 2 fully saturated rings. The van der Waals surface area contributed by atoms with Gasteiger partial charge < -0.3 is 25.4 Å². The van der Waals surface area contributed by atoms with Crippen molar-refractivity contribution >= 4 is 51.6 Å². The molecular weight excluding hydrogens is 524 g/mol. The summed E-state index contributed by atoms with van der Waals surface area (Å²) in [5.41, 5.74) is 2.24. The Bertz CT molecular complexity index is 1400. The topological polar surface area (TPSA) is 110 Å². The van der Waals surface area contributed by atoms with E-state index in [4.69, 9.17) is 11.6 Å². The van der Waals surface area contributed by atoms with Crippen molar-refractivity contribution in [2.24, 2.45) is 5.92 Å². The Labute approximate surface area is 229 Å². The Morgan fingerprint density at radius 3 is 2.68 bits per heavy atom. The molecule has 1 saturated carbocycles. The lowest BCUT2D eigenvalue weighted by atomic mass is 9.83. The van der Waals surface area contributed by atoms with E-state index in [1.54, 1.807) is 12.1 Å². The molecule has 3 aromatic rings. The van der Waals surface area contributed by atoms with E-state index < -0.39 is 6.04 Å². The minimum absolute atomic E-state index is 0.0818. The van der Waals surface area contributed by atoms with Gasteiger partial charge in [-0.2, -0.15) is 0 Å². The maximum absolute atomic E-state index is 13.3. The molecule has 0 bridgehead atoms. The van der Waals surface area contributed by atoms with Crippen LogP contribution in [0.15, 0.2) is 24.3 Å². The van der Waals surface area contributed by atoms with E-state index in [-0.39, 0.29) is 29.7 Å². The molecule has 1 aromatic carbocycles. The van der Waals surface area contributed by atoms with Gasteiger partial charge in [0, 0.05) is 59.3 Å². The molecule has 3 aliphatic rings. The second-order valence-electron chi connectivity index (χ2n) is 10.7. The first-order chi connectivity index (χ1) is 18.3. The number of fused-ring (bicyclic) bond motifs is 2. The summed E-state index contributed by atoms with van der Waals surface area (Å²) in [6, 6.07) is 6.45. The number of H-pyrrole nitrogens is 1. The van der Waals surface area contributed by atoms with Gasteiger partial charge in [0.2, 0.25) is 5.91 Å². The highest BCUT2D eigenvalue weighted by Gasteiger charge is 2.38. The van der Waals surface area contributed by atoms with Gasteiger partial charge in [-0.25, -0.2) is 4.98 Å². The smallest absolute Gasteiger partial charge is 0.280 e. The number of amides is 3. The molecule has 1 saturated heterocycles. The zero-order chi connectivity index (χ0) is 26.4. The van der Waals surface area contributed by atoms with Crippen LogP contribution in [0.4, 0.5) is 0 Å². The number of likely N-dealkylation sites (tertiary alicyclic amines) is 1. The lowest BCUT2D eigenvalue weighted by Gasteiger charge is -2.41. The van der Waals surface area contributed by atoms with Crippen LogP contribution >= 0.6 is 22.9 Å². The van der Waals surface area contributed by atoms with Crippen molar-refractivity contribution in [3.8, 4) is 0 Å². The molecule has 2 atom stereocenters. The summed E-state index contributed by atoms with van der Waals surface area (Å²) in [4.78, 5) is 52.5. The highest BCUT2D eigenvalue weighted by molar-refractivity contribution is 7.13. The number of aromatic amines is 1. The normalized spacial score (nSPS) is 22.1. The minimum atomic E-state index is -0.424. The Morgan fingerprint density at radius 1 is 1.08 bits per heavy atom. The number of aromatic nitrogens is 2. The number of benzene rings is 1. The van der Waals surface area contributed by atoms with Gasteiger partial charge in [0.15, 0.2) is 5.01 Å². The third kappa shape index (κ3) is 5.04. The summed E-state index contributed by atoms with van der Waals surface area (Å²) in [7, 11) is 2.06. The Kier molecular flexibility index (Phi) is 6.88. The molecule has 2 aromatic heterocycles. The van der Waals surface area contributed by atoms with Crippen LogP contribution in [-0.2, 0) is 17.8 Å². The number of piperidine rings is 1. The summed E-state index contributed by atoms with van der Waals surface area (Å²) < 4.78 is 0. The quantitative estimate of drug-likeness (QED) is 0.449. The third-order valence-electron chi connectivity index (χ3n) is 7.96. The molecule has 200 valence electrons. The van der Waals surface area contributed by atoms with Gasteiger partial charge in [0.1, 0.15) is 5.69 Å². The van der Waals surface area contributed by atoms with Crippen molar-refractivity contribution in [1.82, 2.24) is 30.4 Å². The standard InChI is InChI=1S/C27H31ClN6O3S/c1-33-9-7-20-23(14-33)38-26(32-20)25(36)31-22-13-34(27(37)15-3-2-4-15)10-8-19(22)30-24(35)21-12-16-11-17(28)5-6-18(16)29-21/h5-6,11-12,15,19,22,29H,2-4,7-10,13-14H2,1H3,(H,30,35)(H,31,36)/t19-,22?/m0/s1. The van der Waals surface area contributed by atoms with E-state index in [1.165, 1.54) is 11.3 Å². The van der Waals surface area contributed by atoms with E-state index in [1.807, 2.05) is 17.0 Å². The number of halogens is 1. The predicted molar refractivity (Wildman–Crippen MR) is 147 cm³/mol. The summed E-state index contributed by atoms with van der Waals surface area (Å²) >= 11 is 7.53. The average molecular weight is 555 g/mol. The van der Waals surface area contributed by atoms with E-state index in [0.717, 1.165) is 60.2 Å². The maximum Gasteiger partial charge on any atom is 0.280 e. The number of nitrogens with zero attached hydrogens (tertiary/aromatic N) is 3. The molecule has 3 amide bonds. The van der Waals surface area contributed by atoms with Crippen LogP contribution < -0.4 is 10.6 Å². The van der Waals surface area contributed by atoms with Crippen LogP contribution in [0.3, 0.4) is 0 Å². The molecule has 2 aliphatic heterocycles. The lowest BCUT2D eigenvalue weighted by molar-refractivity contribution is -0.139. The van der Waals surface area contributed by atoms with E-state index in [0.29, 0.717) is 35.2 Å². The van der Waals surface area contributed by atoms with Gasteiger partial charge in [-0.1, -0.05) is 18.0 Å². The summed E-state index contributed by atoms with van der Waals surface area (Å²) in [6.07, 6.45) is 4.33. The van der Waals surface area contributed by atoms with Crippen LogP contribution in [-0.4, -0.2) is 76.3 Å². The summed E-state index contributed by atoms with van der Waals surface area (Å²) in [5.74, 6) is -0.276. The first-order valence-electron chi connectivity index (χ1n) is 13.2. The number of rotatable bonds is 5. The summed E-state index contributed by atoms with van der Waals surface area (Å²) in [6.45, 7) is 2.63. The van der Waals surface area contributed by atoms with Gasteiger partial charge in [-0.05, 0) is 50.6 Å². The number of thiazole rings is 1. The van der Waals surface area contributed by atoms with Crippen molar-refractivity contribution in [1.29, 1.82) is 0 Å². The molecule has 9 nitrogen and oxygen atoms in total. The van der Waals surface area contributed by atoms with Crippen LogP contribution in [0.5, 0.6) is 0 Å². The lowest BCUT2D eigenvalue weighted by Crippen LogP contribution is -2.62. The van der Waals surface area contributed by atoms with Gasteiger partial charge in [-0.15, -0.1) is 11.3 Å². The molecule has 0 spiro atoms. The van der Waals surface area contributed by atoms with Crippen molar-refractivity contribution in [3.05, 3.63) is 50.6 Å². The summed E-state index contributed by atoms with van der Waals surface area (Å²) in [5, 5.41) is 8.12. The number of carbonyl (C=O) groups is 3. The van der Waals surface area contributed by atoms with Crippen LogP contribution in [0.25, 0.3) is 10.9 Å². The number of hydrogen-bond donors (Lipinski definition) is 3. The van der Waals surface area contributed by atoms with Crippen molar-refractivity contribution < 1.29 is 14.4 Å². The van der Waals surface area contributed by atoms with E-state index in [9.17, 15) is 14.4 Å². The average Bonchev–Trinajstić information content (AvgIpc) is 3.47. The van der Waals surface area contributed by atoms with Crippen LogP contribution in [0, 0.1) is 5.92 Å². The molecule has 0 radical (unpaired) electrons. The fraction of sp³-hybridized carbons (Fsp3) is 0.481. The molecule has 38 heavy (non-hydrogen) atoms. The zero-order valence-corrected chi connectivity index (χ0v) is 22.8. The fourth-order valence-corrected chi connectivity index (χ4v) is 6.78. The van der Waals surface area contributed by atoms with E-state index in [2.05, 4.69) is 32.5 Å². The molecular formula is C27H31ClN6O3S. The van der Waals surface area contributed by atoms with Gasteiger partial charge >= 0.3 is 0 Å². The number of carbonyl (C=O) groups excluding carboxylic acids is 3. The van der Waals surface area contributed by atoms with Crippen LogP contribution in [0.2, 0.25) is 5.02 Å². The maximum atomic E-state index is 13.3. The molecule has 6 rings (SSSR count). The highest BCUT2D eigenvalue weighted by atomic mass is 35.5. The number of nitrogens with one attached hydrogen (secondary N) is 3. The van der Waals surface area contributed by atoms with Crippen LogP contribution in [0.1, 0.15) is 56.5 Å². The van der Waals surface area contributed by atoms with Gasteiger partial charge in [0.25, 0.3) is 11.8 Å². The number of likely N-dealkylation sites (N-methyl/N-ethyl adjacent to an activating group) is 1. The SMILES string of the molecule is CN1CCc2nc(C(=O)NC3CN(C(=O)C4CCC4)CC[C@@H]3NC(=O)c3cc4cc(Cl)ccc4[nH]3)sc2C1. The molecule has 1 unspecified atom stereocenters. The Balaban J connectivity index is 1.19.